The highest BCUT2D eigenvalue weighted by Gasteiger charge is 2.52. The Bertz CT molecular complexity index is 404. The van der Waals surface area contributed by atoms with Crippen LogP contribution >= 0.6 is 0 Å². The second-order valence-corrected chi connectivity index (χ2v) is 6.40. The molecule has 0 spiro atoms. The summed E-state index contributed by atoms with van der Waals surface area (Å²) in [4.78, 5) is 0. The van der Waals surface area contributed by atoms with Crippen molar-refractivity contribution in [1.82, 2.24) is 0 Å². The minimum Gasteiger partial charge on any atom is -0.378 e. The fourth-order valence-corrected chi connectivity index (χ4v) is 3.39. The molecule has 0 radical (unpaired) electrons. The van der Waals surface area contributed by atoms with Crippen LogP contribution in [0.15, 0.2) is 24.3 Å². The van der Waals surface area contributed by atoms with Gasteiger partial charge in [-0.15, -0.1) is 0 Å². The molecule has 0 aliphatic heterocycles. The van der Waals surface area contributed by atoms with Crippen LogP contribution in [0.25, 0.3) is 0 Å². The molecule has 100 valence electrons. The Morgan fingerprint density at radius 1 is 1.17 bits per heavy atom. The van der Waals surface area contributed by atoms with Gasteiger partial charge in [-0.1, -0.05) is 50.6 Å². The summed E-state index contributed by atoms with van der Waals surface area (Å²) in [5.74, 6) is 0. The maximum absolute atomic E-state index is 5.96. The maximum Gasteiger partial charge on any atom is 0.0634 e. The van der Waals surface area contributed by atoms with Crippen molar-refractivity contribution in [2.75, 3.05) is 6.61 Å². The first-order chi connectivity index (χ1) is 8.41. The molecule has 0 amide bonds. The molecule has 1 aromatic carbocycles. The van der Waals surface area contributed by atoms with E-state index >= 15 is 0 Å². The van der Waals surface area contributed by atoms with Crippen LogP contribution in [-0.2, 0) is 10.2 Å². The summed E-state index contributed by atoms with van der Waals surface area (Å²) < 4.78 is 5.96. The van der Waals surface area contributed by atoms with E-state index in [0.717, 1.165) is 6.61 Å². The van der Waals surface area contributed by atoms with Crippen LogP contribution < -0.4 is 0 Å². The molecule has 2 rings (SSSR count). The van der Waals surface area contributed by atoms with Gasteiger partial charge in [0.15, 0.2) is 0 Å². The highest BCUT2D eigenvalue weighted by molar-refractivity contribution is 5.32. The highest BCUT2D eigenvalue weighted by Crippen LogP contribution is 2.54. The molecule has 2 atom stereocenters. The van der Waals surface area contributed by atoms with Crippen LogP contribution in [0.1, 0.15) is 51.7 Å². The summed E-state index contributed by atoms with van der Waals surface area (Å²) in [5, 5.41) is 0. The van der Waals surface area contributed by atoms with Gasteiger partial charge in [-0.05, 0) is 32.3 Å². The summed E-state index contributed by atoms with van der Waals surface area (Å²) >= 11 is 0. The van der Waals surface area contributed by atoms with Gasteiger partial charge in [-0.3, -0.25) is 0 Å². The number of aryl methyl sites for hydroxylation is 1. The van der Waals surface area contributed by atoms with Crippen molar-refractivity contribution in [3.05, 3.63) is 35.4 Å². The topological polar surface area (TPSA) is 9.23 Å². The predicted molar refractivity (Wildman–Crippen MR) is 77.0 cm³/mol. The summed E-state index contributed by atoms with van der Waals surface area (Å²) in [7, 11) is 0. The number of hydrogen-bond acceptors (Lipinski definition) is 1. The normalized spacial score (nSPS) is 30.6. The van der Waals surface area contributed by atoms with E-state index < -0.39 is 0 Å². The molecule has 1 aromatic rings. The van der Waals surface area contributed by atoms with Gasteiger partial charge in [-0.2, -0.15) is 0 Å². The number of ether oxygens (including phenoxy) is 1. The largest absolute Gasteiger partial charge is 0.378 e. The Hall–Kier alpha value is -0.820. The monoisotopic (exact) mass is 246 g/mol. The zero-order valence-electron chi connectivity index (χ0n) is 12.4. The van der Waals surface area contributed by atoms with Crippen LogP contribution in [-0.4, -0.2) is 12.7 Å². The first-order valence-electron chi connectivity index (χ1n) is 7.10. The lowest BCUT2D eigenvalue weighted by molar-refractivity contribution is -0.0185. The minimum atomic E-state index is 0.193. The van der Waals surface area contributed by atoms with Gasteiger partial charge in [0, 0.05) is 17.4 Å². The van der Waals surface area contributed by atoms with Crippen LogP contribution in [0.3, 0.4) is 0 Å². The van der Waals surface area contributed by atoms with Crippen molar-refractivity contribution in [1.29, 1.82) is 0 Å². The molecule has 18 heavy (non-hydrogen) atoms. The standard InChI is InChI=1S/C17H26O/c1-6-18-15-11-12-17(5,16(15,3)4)14-9-7-13(2)8-10-14/h7-10,15H,6,11-12H2,1-5H3/t15-,17+/m1/s1. The van der Waals surface area contributed by atoms with E-state index in [-0.39, 0.29) is 10.8 Å². The van der Waals surface area contributed by atoms with Crippen molar-refractivity contribution in [3.8, 4) is 0 Å². The van der Waals surface area contributed by atoms with E-state index in [1.807, 2.05) is 0 Å². The number of benzene rings is 1. The van der Waals surface area contributed by atoms with E-state index in [9.17, 15) is 0 Å². The fourth-order valence-electron chi connectivity index (χ4n) is 3.39. The molecule has 1 aliphatic rings. The van der Waals surface area contributed by atoms with Crippen LogP contribution in [0.4, 0.5) is 0 Å². The lowest BCUT2D eigenvalue weighted by atomic mass is 9.64. The van der Waals surface area contributed by atoms with Crippen LogP contribution in [0.5, 0.6) is 0 Å². The molecule has 0 saturated heterocycles. The minimum absolute atomic E-state index is 0.193. The number of hydrogen-bond donors (Lipinski definition) is 0. The van der Waals surface area contributed by atoms with Crippen LogP contribution in [0, 0.1) is 12.3 Å². The van der Waals surface area contributed by atoms with Gasteiger partial charge in [0.1, 0.15) is 0 Å². The van der Waals surface area contributed by atoms with Gasteiger partial charge < -0.3 is 4.74 Å². The van der Waals surface area contributed by atoms with Gasteiger partial charge in [0.05, 0.1) is 6.10 Å². The van der Waals surface area contributed by atoms with Crippen molar-refractivity contribution in [2.45, 2.75) is 59.0 Å². The molecular weight excluding hydrogens is 220 g/mol. The van der Waals surface area contributed by atoms with E-state index in [1.54, 1.807) is 0 Å². The highest BCUT2D eigenvalue weighted by atomic mass is 16.5. The van der Waals surface area contributed by atoms with E-state index in [4.69, 9.17) is 4.74 Å². The average Bonchev–Trinajstić information content (AvgIpc) is 2.55. The lowest BCUT2D eigenvalue weighted by Crippen LogP contribution is -2.41. The molecule has 0 bridgehead atoms. The molecule has 1 fully saturated rings. The zero-order valence-corrected chi connectivity index (χ0v) is 12.4. The number of rotatable bonds is 3. The maximum atomic E-state index is 5.96. The Morgan fingerprint density at radius 3 is 2.33 bits per heavy atom. The summed E-state index contributed by atoms with van der Waals surface area (Å²) in [5.41, 5.74) is 3.21. The predicted octanol–water partition coefficient (Wildman–Crippen LogP) is 4.48. The van der Waals surface area contributed by atoms with Crippen molar-refractivity contribution in [2.24, 2.45) is 5.41 Å². The molecule has 0 aromatic heterocycles. The molecular formula is C17H26O. The summed E-state index contributed by atoms with van der Waals surface area (Å²) in [6, 6.07) is 9.05. The third-order valence-electron chi connectivity index (χ3n) is 5.19. The second-order valence-electron chi connectivity index (χ2n) is 6.40. The van der Waals surface area contributed by atoms with Gasteiger partial charge in [0.2, 0.25) is 0 Å². The zero-order chi connectivity index (χ0) is 13.4. The van der Waals surface area contributed by atoms with Crippen LogP contribution in [0.2, 0.25) is 0 Å². The molecule has 0 heterocycles. The molecule has 0 N–H and O–H groups in total. The van der Waals surface area contributed by atoms with Crippen molar-refractivity contribution >= 4 is 0 Å². The van der Waals surface area contributed by atoms with Gasteiger partial charge >= 0.3 is 0 Å². The summed E-state index contributed by atoms with van der Waals surface area (Å²) in [6.07, 6.45) is 2.77. The van der Waals surface area contributed by atoms with E-state index in [0.29, 0.717) is 6.10 Å². The molecule has 1 aliphatic carbocycles. The molecule has 1 saturated carbocycles. The lowest BCUT2D eigenvalue weighted by Gasteiger charge is -2.42. The average molecular weight is 246 g/mol. The van der Waals surface area contributed by atoms with Crippen molar-refractivity contribution < 1.29 is 4.74 Å². The molecule has 1 heteroatoms. The Morgan fingerprint density at radius 2 is 1.78 bits per heavy atom. The fraction of sp³-hybridized carbons (Fsp3) is 0.647. The SMILES string of the molecule is CCO[C@@H]1CC[C@@](C)(c2ccc(C)cc2)C1(C)C. The Kier molecular flexibility index (Phi) is 3.55. The third-order valence-corrected chi connectivity index (χ3v) is 5.19. The summed E-state index contributed by atoms with van der Waals surface area (Å²) in [6.45, 7) is 12.2. The molecule has 0 unspecified atom stereocenters. The third kappa shape index (κ3) is 1.99. The smallest absolute Gasteiger partial charge is 0.0634 e. The van der Waals surface area contributed by atoms with Crippen molar-refractivity contribution in [3.63, 3.8) is 0 Å². The van der Waals surface area contributed by atoms with E-state index in [1.165, 1.54) is 24.0 Å². The Balaban J connectivity index is 2.34. The quantitative estimate of drug-likeness (QED) is 0.764. The second kappa shape index (κ2) is 4.70. The van der Waals surface area contributed by atoms with Gasteiger partial charge in [-0.25, -0.2) is 0 Å². The van der Waals surface area contributed by atoms with E-state index in [2.05, 4.69) is 58.9 Å². The molecule has 1 nitrogen and oxygen atoms in total. The van der Waals surface area contributed by atoms with Gasteiger partial charge in [0.25, 0.3) is 0 Å². The Labute approximate surface area is 112 Å². The first-order valence-corrected chi connectivity index (χ1v) is 7.10. The first kappa shape index (κ1) is 13.6.